The van der Waals surface area contributed by atoms with Crippen molar-refractivity contribution in [3.8, 4) is 39.8 Å². The van der Waals surface area contributed by atoms with Crippen LogP contribution >= 0.6 is 0 Å². The zero-order chi connectivity index (χ0) is 27.3. The summed E-state index contributed by atoms with van der Waals surface area (Å²) in [7, 11) is 0. The Balaban J connectivity index is 1.41. The van der Waals surface area contributed by atoms with E-state index in [9.17, 15) is 10.2 Å². The van der Waals surface area contributed by atoms with Gasteiger partial charge in [-0.2, -0.15) is 0 Å². The van der Waals surface area contributed by atoms with E-state index in [0.717, 1.165) is 29.9 Å². The van der Waals surface area contributed by atoms with E-state index in [2.05, 4.69) is 62.3 Å². The molecule has 4 rings (SSSR count). The molecule has 0 aliphatic heterocycles. The molecule has 0 spiro atoms. The molecule has 200 valence electrons. The Labute approximate surface area is 224 Å². The van der Waals surface area contributed by atoms with Crippen molar-refractivity contribution in [1.29, 1.82) is 0 Å². The van der Waals surface area contributed by atoms with Crippen molar-refractivity contribution in [2.75, 3.05) is 6.61 Å². The number of hydrogen-bond donors (Lipinski definition) is 2. The van der Waals surface area contributed by atoms with E-state index in [1.807, 2.05) is 24.3 Å². The van der Waals surface area contributed by atoms with Crippen LogP contribution in [0.4, 0.5) is 0 Å². The Morgan fingerprint density at radius 2 is 1.63 bits per heavy atom. The van der Waals surface area contributed by atoms with Crippen molar-refractivity contribution >= 4 is 0 Å². The predicted octanol–water partition coefficient (Wildman–Crippen LogP) is 7.27. The van der Waals surface area contributed by atoms with E-state index in [4.69, 9.17) is 14.0 Å². The van der Waals surface area contributed by atoms with Crippen LogP contribution in [-0.2, 0) is 6.42 Å². The maximum absolute atomic E-state index is 9.95. The number of ether oxygens (including phenoxy) is 2. The van der Waals surface area contributed by atoms with Crippen molar-refractivity contribution in [1.82, 2.24) is 5.16 Å². The molecule has 0 saturated carbocycles. The Kier molecular flexibility index (Phi) is 8.42. The summed E-state index contributed by atoms with van der Waals surface area (Å²) in [6, 6.07) is 21.8. The van der Waals surface area contributed by atoms with Crippen LogP contribution in [0.5, 0.6) is 17.4 Å². The van der Waals surface area contributed by atoms with E-state index < -0.39 is 5.60 Å². The average Bonchev–Trinajstić information content (AvgIpc) is 3.29. The number of rotatable bonds is 11. The molecule has 38 heavy (non-hydrogen) atoms. The first kappa shape index (κ1) is 27.3. The van der Waals surface area contributed by atoms with E-state index in [0.29, 0.717) is 18.8 Å². The zero-order valence-electron chi connectivity index (χ0n) is 22.8. The lowest BCUT2D eigenvalue weighted by Gasteiger charge is -2.20. The van der Waals surface area contributed by atoms with Crippen molar-refractivity contribution in [3.63, 3.8) is 0 Å². The van der Waals surface area contributed by atoms with Gasteiger partial charge in [-0.15, -0.1) is 0 Å². The standard InChI is InChI=1S/C32H37NO5/c1-21-18-27(36-17-16-32(4,5)35)19-22(2)31(21)28-9-7-6-8-24(28)11-10-23(3)37-26-14-12-25(13-15-26)29-20-30(34)33-38-29/h6-9,12-15,18-20,23,35H,10-11,16-17H2,1-5H3,(H,33,34). The van der Waals surface area contributed by atoms with Crippen molar-refractivity contribution in [2.45, 2.75) is 65.6 Å². The fourth-order valence-electron chi connectivity index (χ4n) is 4.58. The largest absolute Gasteiger partial charge is 0.493 e. The average molecular weight is 516 g/mol. The van der Waals surface area contributed by atoms with Gasteiger partial charge in [0.2, 0.25) is 0 Å². The highest BCUT2D eigenvalue weighted by Gasteiger charge is 2.16. The minimum Gasteiger partial charge on any atom is -0.493 e. The molecule has 1 aromatic heterocycles. The molecule has 0 bridgehead atoms. The monoisotopic (exact) mass is 515 g/mol. The number of aliphatic hydroxyl groups is 1. The lowest BCUT2D eigenvalue weighted by atomic mass is 9.90. The van der Waals surface area contributed by atoms with Crippen LogP contribution < -0.4 is 9.47 Å². The van der Waals surface area contributed by atoms with Gasteiger partial charge in [0.05, 0.1) is 18.3 Å². The van der Waals surface area contributed by atoms with E-state index in [-0.39, 0.29) is 12.0 Å². The second kappa shape index (κ2) is 11.7. The first-order valence-electron chi connectivity index (χ1n) is 13.1. The highest BCUT2D eigenvalue weighted by atomic mass is 16.5. The molecule has 4 aromatic rings. The summed E-state index contributed by atoms with van der Waals surface area (Å²) in [6.07, 6.45) is 2.35. The Bertz CT molecular complexity index is 1330. The van der Waals surface area contributed by atoms with Gasteiger partial charge in [-0.25, -0.2) is 0 Å². The predicted molar refractivity (Wildman–Crippen MR) is 150 cm³/mol. The summed E-state index contributed by atoms with van der Waals surface area (Å²) in [5, 5.41) is 22.9. The van der Waals surface area contributed by atoms with Crippen molar-refractivity contribution in [2.24, 2.45) is 0 Å². The molecule has 1 unspecified atom stereocenters. The van der Waals surface area contributed by atoms with Gasteiger partial charge in [-0.1, -0.05) is 24.3 Å². The van der Waals surface area contributed by atoms with Gasteiger partial charge in [-0.3, -0.25) is 0 Å². The molecule has 1 heterocycles. The molecule has 0 aliphatic carbocycles. The minimum absolute atomic E-state index is 0.0250. The smallest absolute Gasteiger partial charge is 0.252 e. The summed E-state index contributed by atoms with van der Waals surface area (Å²) in [6.45, 7) is 10.4. The zero-order valence-corrected chi connectivity index (χ0v) is 22.8. The second-order valence-corrected chi connectivity index (χ2v) is 10.5. The van der Waals surface area contributed by atoms with Gasteiger partial charge < -0.3 is 24.2 Å². The normalized spacial score (nSPS) is 12.4. The Hall–Kier alpha value is -3.77. The van der Waals surface area contributed by atoms with Crippen molar-refractivity contribution in [3.05, 3.63) is 83.4 Å². The summed E-state index contributed by atoms with van der Waals surface area (Å²) >= 11 is 0. The molecule has 0 saturated heterocycles. The molecule has 3 aromatic carbocycles. The third-order valence-electron chi connectivity index (χ3n) is 6.57. The number of aryl methyl sites for hydroxylation is 3. The summed E-state index contributed by atoms with van der Waals surface area (Å²) < 4.78 is 17.2. The molecule has 1 atom stereocenters. The van der Waals surface area contributed by atoms with Crippen LogP contribution in [0.15, 0.2) is 71.3 Å². The summed E-state index contributed by atoms with van der Waals surface area (Å²) in [5.74, 6) is 1.99. The van der Waals surface area contributed by atoms with Crippen LogP contribution in [0.1, 0.15) is 50.3 Å². The molecule has 6 nitrogen and oxygen atoms in total. The summed E-state index contributed by atoms with van der Waals surface area (Å²) in [5.41, 5.74) is 6.17. The van der Waals surface area contributed by atoms with Gasteiger partial charge in [0.1, 0.15) is 11.5 Å². The fourth-order valence-corrected chi connectivity index (χ4v) is 4.58. The highest BCUT2D eigenvalue weighted by molar-refractivity contribution is 5.74. The van der Waals surface area contributed by atoms with Crippen LogP contribution in [0.2, 0.25) is 0 Å². The Morgan fingerprint density at radius 1 is 0.947 bits per heavy atom. The molecule has 0 aliphatic rings. The number of aromatic nitrogens is 1. The topological polar surface area (TPSA) is 85.0 Å². The molecular formula is C32H37NO5. The lowest BCUT2D eigenvalue weighted by Crippen LogP contribution is -2.21. The fraction of sp³-hybridized carbons (Fsp3) is 0.344. The van der Waals surface area contributed by atoms with Gasteiger partial charge >= 0.3 is 0 Å². The first-order valence-corrected chi connectivity index (χ1v) is 13.1. The maximum Gasteiger partial charge on any atom is 0.252 e. The summed E-state index contributed by atoms with van der Waals surface area (Å²) in [4.78, 5) is 0. The molecule has 0 amide bonds. The molecule has 6 heteroatoms. The number of benzene rings is 3. The van der Waals surface area contributed by atoms with E-state index >= 15 is 0 Å². The third kappa shape index (κ3) is 7.17. The third-order valence-corrected chi connectivity index (χ3v) is 6.57. The van der Waals surface area contributed by atoms with E-state index in [1.54, 1.807) is 13.8 Å². The van der Waals surface area contributed by atoms with Gasteiger partial charge in [0.25, 0.3) is 5.88 Å². The van der Waals surface area contributed by atoms with Gasteiger partial charge in [0, 0.05) is 18.1 Å². The molecular weight excluding hydrogens is 478 g/mol. The van der Waals surface area contributed by atoms with Crippen LogP contribution in [0.3, 0.4) is 0 Å². The molecule has 0 fully saturated rings. The highest BCUT2D eigenvalue weighted by Crippen LogP contribution is 2.34. The van der Waals surface area contributed by atoms with Crippen LogP contribution in [0.25, 0.3) is 22.5 Å². The number of hydrogen-bond acceptors (Lipinski definition) is 6. The maximum atomic E-state index is 9.95. The second-order valence-electron chi connectivity index (χ2n) is 10.5. The van der Waals surface area contributed by atoms with Crippen LogP contribution in [-0.4, -0.2) is 33.7 Å². The number of aromatic hydroxyl groups is 1. The van der Waals surface area contributed by atoms with Gasteiger partial charge in [0.15, 0.2) is 5.76 Å². The number of nitrogens with zero attached hydrogens (tertiary/aromatic N) is 1. The van der Waals surface area contributed by atoms with Gasteiger partial charge in [-0.05, 0) is 117 Å². The molecule has 2 N–H and O–H groups in total. The quantitative estimate of drug-likeness (QED) is 0.218. The van der Waals surface area contributed by atoms with Crippen molar-refractivity contribution < 1.29 is 24.2 Å². The molecule has 0 radical (unpaired) electrons. The van der Waals surface area contributed by atoms with E-state index in [1.165, 1.54) is 33.9 Å². The Morgan fingerprint density at radius 3 is 2.26 bits per heavy atom. The lowest BCUT2D eigenvalue weighted by molar-refractivity contribution is 0.0553. The SMILES string of the molecule is Cc1cc(OCCC(C)(C)O)cc(C)c1-c1ccccc1CCC(C)Oc1ccc(-c2cc(O)no2)cc1. The minimum atomic E-state index is -0.740. The first-order chi connectivity index (χ1) is 18.1. The van der Waals surface area contributed by atoms with Crippen LogP contribution in [0, 0.1) is 13.8 Å².